The first-order valence-corrected chi connectivity index (χ1v) is 11.5. The Hall–Kier alpha value is -2.62. The van der Waals surface area contributed by atoms with Gasteiger partial charge in [0.15, 0.2) is 0 Å². The number of benzene rings is 2. The van der Waals surface area contributed by atoms with Crippen LogP contribution in [0.15, 0.2) is 48.5 Å². The van der Waals surface area contributed by atoms with E-state index in [2.05, 4.69) is 65.8 Å². The molecule has 0 heterocycles. The van der Waals surface area contributed by atoms with E-state index in [1.807, 2.05) is 24.3 Å². The number of carbonyl (C=O) groups excluding carboxylic acids is 2. The average Bonchev–Trinajstić information content (AvgIpc) is 2.73. The van der Waals surface area contributed by atoms with Gasteiger partial charge in [-0.15, -0.1) is 0 Å². The van der Waals surface area contributed by atoms with E-state index >= 15 is 0 Å². The molecule has 0 spiro atoms. The molecule has 2 rings (SSSR count). The molecular weight excluding hydrogens is 400 g/mol. The fourth-order valence-corrected chi connectivity index (χ4v) is 3.21. The molecule has 0 fully saturated rings. The summed E-state index contributed by atoms with van der Waals surface area (Å²) < 4.78 is 10.7. The number of unbranched alkanes of at least 4 members (excludes halogenated alkanes) is 1. The number of rotatable bonds is 9. The zero-order valence-electron chi connectivity index (χ0n) is 20.5. The van der Waals surface area contributed by atoms with Gasteiger partial charge < -0.3 is 9.47 Å². The molecule has 0 radical (unpaired) electrons. The van der Waals surface area contributed by atoms with Crippen LogP contribution in [0.3, 0.4) is 0 Å². The van der Waals surface area contributed by atoms with Crippen LogP contribution in [0.5, 0.6) is 0 Å². The third kappa shape index (κ3) is 8.86. The maximum absolute atomic E-state index is 12.0. The minimum Gasteiger partial charge on any atom is -0.461 e. The van der Waals surface area contributed by atoms with E-state index in [-0.39, 0.29) is 36.0 Å². The zero-order valence-corrected chi connectivity index (χ0v) is 20.5. The SMILES string of the molecule is CC(C)(C)c1ccc(COC(=O)CCCCC(=O)OCc2ccc(C(C)(C)C)cc2)cc1. The highest BCUT2D eigenvalue weighted by Crippen LogP contribution is 2.23. The number of carbonyl (C=O) groups is 2. The lowest BCUT2D eigenvalue weighted by molar-refractivity contribution is -0.147. The fourth-order valence-electron chi connectivity index (χ4n) is 3.21. The molecule has 0 aliphatic rings. The van der Waals surface area contributed by atoms with Crippen molar-refractivity contribution in [1.29, 1.82) is 0 Å². The molecule has 0 atom stereocenters. The molecule has 4 heteroatoms. The molecule has 0 aliphatic heterocycles. The molecule has 0 unspecified atom stereocenters. The monoisotopic (exact) mass is 438 g/mol. The first kappa shape index (κ1) is 25.6. The minimum absolute atomic E-state index is 0.104. The molecule has 4 nitrogen and oxygen atoms in total. The Morgan fingerprint density at radius 1 is 0.594 bits per heavy atom. The van der Waals surface area contributed by atoms with Gasteiger partial charge in [0.25, 0.3) is 0 Å². The molecule has 0 saturated carbocycles. The lowest BCUT2D eigenvalue weighted by Gasteiger charge is -2.19. The van der Waals surface area contributed by atoms with E-state index in [4.69, 9.17) is 9.47 Å². The second-order valence-electron chi connectivity index (χ2n) is 10.4. The third-order valence-electron chi connectivity index (χ3n) is 5.45. The Labute approximate surface area is 193 Å². The van der Waals surface area contributed by atoms with Crippen molar-refractivity contribution in [2.45, 2.75) is 91.3 Å². The lowest BCUT2D eigenvalue weighted by atomic mass is 9.87. The second kappa shape index (κ2) is 11.3. The largest absolute Gasteiger partial charge is 0.461 e. The molecule has 0 bridgehead atoms. The van der Waals surface area contributed by atoms with Gasteiger partial charge in [0.05, 0.1) is 0 Å². The summed E-state index contributed by atoms with van der Waals surface area (Å²) in [4.78, 5) is 23.9. The number of esters is 2. The Kier molecular flexibility index (Phi) is 9.06. The topological polar surface area (TPSA) is 52.6 Å². The Bertz CT molecular complexity index is 790. The molecular formula is C28H38O4. The fraction of sp³-hybridized carbons (Fsp3) is 0.500. The van der Waals surface area contributed by atoms with E-state index in [9.17, 15) is 9.59 Å². The van der Waals surface area contributed by atoms with Crippen LogP contribution in [0.1, 0.15) is 89.5 Å². The summed E-state index contributed by atoms with van der Waals surface area (Å²) in [5.41, 5.74) is 4.67. The van der Waals surface area contributed by atoms with Gasteiger partial charge in [-0.3, -0.25) is 9.59 Å². The summed E-state index contributed by atoms with van der Waals surface area (Å²) in [6.07, 6.45) is 1.83. The van der Waals surface area contributed by atoms with Crippen LogP contribution in [-0.4, -0.2) is 11.9 Å². The normalized spacial score (nSPS) is 11.8. The zero-order chi connectivity index (χ0) is 23.8. The molecule has 0 aromatic heterocycles. The highest BCUT2D eigenvalue weighted by atomic mass is 16.5. The maximum atomic E-state index is 12.0. The number of hydrogen-bond donors (Lipinski definition) is 0. The van der Waals surface area contributed by atoms with Crippen LogP contribution >= 0.6 is 0 Å². The van der Waals surface area contributed by atoms with Gasteiger partial charge >= 0.3 is 11.9 Å². The third-order valence-corrected chi connectivity index (χ3v) is 5.45. The maximum Gasteiger partial charge on any atom is 0.306 e. The summed E-state index contributed by atoms with van der Waals surface area (Å²) in [6, 6.07) is 16.3. The Morgan fingerprint density at radius 3 is 1.19 bits per heavy atom. The summed E-state index contributed by atoms with van der Waals surface area (Å²) in [5, 5.41) is 0. The molecule has 2 aromatic carbocycles. The van der Waals surface area contributed by atoms with Gasteiger partial charge in [-0.25, -0.2) is 0 Å². The molecule has 2 aromatic rings. The predicted molar refractivity (Wildman–Crippen MR) is 128 cm³/mol. The second-order valence-corrected chi connectivity index (χ2v) is 10.4. The molecule has 32 heavy (non-hydrogen) atoms. The highest BCUT2D eigenvalue weighted by molar-refractivity contribution is 5.70. The quantitative estimate of drug-likeness (QED) is 0.326. The van der Waals surface area contributed by atoms with Crippen molar-refractivity contribution in [3.8, 4) is 0 Å². The molecule has 0 N–H and O–H groups in total. The summed E-state index contributed by atoms with van der Waals surface area (Å²) >= 11 is 0. The van der Waals surface area contributed by atoms with Gasteiger partial charge in [-0.1, -0.05) is 90.1 Å². The lowest BCUT2D eigenvalue weighted by Crippen LogP contribution is -2.11. The van der Waals surface area contributed by atoms with E-state index in [1.165, 1.54) is 11.1 Å². The van der Waals surface area contributed by atoms with Crippen molar-refractivity contribution < 1.29 is 19.1 Å². The van der Waals surface area contributed by atoms with Crippen LogP contribution in [0, 0.1) is 0 Å². The molecule has 174 valence electrons. The standard InChI is InChI=1S/C28H38O4/c1-27(2,3)23-15-11-21(12-16-23)19-31-25(29)9-7-8-10-26(30)32-20-22-13-17-24(18-14-22)28(4,5)6/h11-18H,7-10,19-20H2,1-6H3. The summed E-state index contributed by atoms with van der Waals surface area (Å²) in [5.74, 6) is -0.477. The van der Waals surface area contributed by atoms with Crippen LogP contribution in [0.2, 0.25) is 0 Å². The van der Waals surface area contributed by atoms with Crippen molar-refractivity contribution in [2.24, 2.45) is 0 Å². The van der Waals surface area contributed by atoms with E-state index < -0.39 is 0 Å². The van der Waals surface area contributed by atoms with E-state index in [0.717, 1.165) is 11.1 Å². The van der Waals surface area contributed by atoms with Crippen LogP contribution in [0.4, 0.5) is 0 Å². The Morgan fingerprint density at radius 2 is 0.906 bits per heavy atom. The molecule has 0 saturated heterocycles. The predicted octanol–water partition coefficient (Wildman–Crippen LogP) is 6.63. The van der Waals surface area contributed by atoms with Gasteiger partial charge in [-0.05, 0) is 45.9 Å². The average molecular weight is 439 g/mol. The van der Waals surface area contributed by atoms with Crippen molar-refractivity contribution in [3.05, 3.63) is 70.8 Å². The molecule has 0 amide bonds. The first-order chi connectivity index (χ1) is 14.9. The van der Waals surface area contributed by atoms with Crippen molar-refractivity contribution in [1.82, 2.24) is 0 Å². The van der Waals surface area contributed by atoms with Gasteiger partial charge in [0.2, 0.25) is 0 Å². The Balaban J connectivity index is 1.60. The van der Waals surface area contributed by atoms with Crippen molar-refractivity contribution in [2.75, 3.05) is 0 Å². The summed E-state index contributed by atoms with van der Waals surface area (Å²) in [7, 11) is 0. The van der Waals surface area contributed by atoms with Gasteiger partial charge in [0.1, 0.15) is 13.2 Å². The highest BCUT2D eigenvalue weighted by Gasteiger charge is 2.14. The van der Waals surface area contributed by atoms with Crippen LogP contribution < -0.4 is 0 Å². The molecule has 0 aliphatic carbocycles. The van der Waals surface area contributed by atoms with E-state index in [0.29, 0.717) is 25.7 Å². The number of ether oxygens (including phenoxy) is 2. The van der Waals surface area contributed by atoms with Gasteiger partial charge in [-0.2, -0.15) is 0 Å². The van der Waals surface area contributed by atoms with Crippen LogP contribution in [0.25, 0.3) is 0 Å². The van der Waals surface area contributed by atoms with Crippen molar-refractivity contribution in [3.63, 3.8) is 0 Å². The minimum atomic E-state index is -0.239. The van der Waals surface area contributed by atoms with Crippen molar-refractivity contribution >= 4 is 11.9 Å². The smallest absolute Gasteiger partial charge is 0.306 e. The van der Waals surface area contributed by atoms with Gasteiger partial charge in [0, 0.05) is 12.8 Å². The van der Waals surface area contributed by atoms with E-state index in [1.54, 1.807) is 0 Å². The first-order valence-electron chi connectivity index (χ1n) is 11.5. The number of hydrogen-bond acceptors (Lipinski definition) is 4. The van der Waals surface area contributed by atoms with Crippen LogP contribution in [-0.2, 0) is 43.1 Å². The summed E-state index contributed by atoms with van der Waals surface area (Å²) in [6.45, 7) is 13.6.